The Hall–Kier alpha value is -3.12. The highest BCUT2D eigenvalue weighted by molar-refractivity contribution is 6.33. The first-order valence-corrected chi connectivity index (χ1v) is 7.91. The lowest BCUT2D eigenvalue weighted by Crippen LogP contribution is -2.13. The van der Waals surface area contributed by atoms with Crippen molar-refractivity contribution >= 4 is 29.2 Å². The van der Waals surface area contributed by atoms with Crippen LogP contribution >= 0.6 is 11.6 Å². The number of carbonyl (C=O) groups excluding carboxylic acids is 2. The van der Waals surface area contributed by atoms with Crippen LogP contribution in [-0.4, -0.2) is 19.0 Å². The van der Waals surface area contributed by atoms with Crippen LogP contribution in [0.2, 0.25) is 5.02 Å². The fraction of sp³-hybridized carbons (Fsp3) is 0.0526. The Kier molecular flexibility index (Phi) is 5.04. The third-order valence-corrected chi connectivity index (χ3v) is 3.93. The van der Waals surface area contributed by atoms with Gasteiger partial charge in [-0.05, 0) is 42.5 Å². The molecule has 5 nitrogen and oxygen atoms in total. The van der Waals surface area contributed by atoms with Crippen LogP contribution in [0, 0.1) is 5.82 Å². The summed E-state index contributed by atoms with van der Waals surface area (Å²) in [5.41, 5.74) is 0.584. The molecular formula is C19H13ClFNO4. The minimum atomic E-state index is -0.691. The zero-order valence-corrected chi connectivity index (χ0v) is 14.3. The predicted molar refractivity (Wildman–Crippen MR) is 94.8 cm³/mol. The van der Waals surface area contributed by atoms with E-state index >= 15 is 0 Å². The van der Waals surface area contributed by atoms with Crippen molar-refractivity contribution in [1.29, 1.82) is 0 Å². The van der Waals surface area contributed by atoms with Gasteiger partial charge in [0.2, 0.25) is 0 Å². The first-order valence-electron chi connectivity index (χ1n) is 7.53. The van der Waals surface area contributed by atoms with Crippen molar-refractivity contribution in [3.8, 4) is 11.3 Å². The van der Waals surface area contributed by atoms with E-state index in [4.69, 9.17) is 16.0 Å². The quantitative estimate of drug-likeness (QED) is 0.668. The first kappa shape index (κ1) is 17.7. The molecule has 0 aliphatic carbocycles. The summed E-state index contributed by atoms with van der Waals surface area (Å²) in [5.74, 6) is -1.61. The number of nitrogens with one attached hydrogen (secondary N) is 1. The number of furan rings is 1. The van der Waals surface area contributed by atoms with Crippen molar-refractivity contribution in [1.82, 2.24) is 0 Å². The molecule has 132 valence electrons. The molecule has 1 heterocycles. The number of esters is 1. The van der Waals surface area contributed by atoms with Gasteiger partial charge < -0.3 is 14.5 Å². The molecular weight excluding hydrogens is 361 g/mol. The van der Waals surface area contributed by atoms with Crippen LogP contribution in [0.3, 0.4) is 0 Å². The Bertz CT molecular complexity index is 983. The minimum Gasteiger partial charge on any atom is -0.465 e. The molecule has 1 amide bonds. The number of anilines is 1. The van der Waals surface area contributed by atoms with E-state index in [1.54, 1.807) is 30.3 Å². The molecule has 7 heteroatoms. The van der Waals surface area contributed by atoms with E-state index < -0.39 is 17.7 Å². The third kappa shape index (κ3) is 3.60. The molecule has 0 aliphatic heterocycles. The smallest absolute Gasteiger partial charge is 0.337 e. The predicted octanol–water partition coefficient (Wildman–Crippen LogP) is 4.78. The van der Waals surface area contributed by atoms with E-state index in [2.05, 4.69) is 10.1 Å². The number of halogens is 2. The van der Waals surface area contributed by atoms with E-state index in [-0.39, 0.29) is 17.0 Å². The molecule has 0 radical (unpaired) electrons. The highest BCUT2D eigenvalue weighted by Crippen LogP contribution is 2.29. The van der Waals surface area contributed by atoms with Crippen molar-refractivity contribution in [3.63, 3.8) is 0 Å². The average molecular weight is 374 g/mol. The van der Waals surface area contributed by atoms with Gasteiger partial charge >= 0.3 is 5.97 Å². The van der Waals surface area contributed by atoms with E-state index in [0.717, 1.165) is 6.07 Å². The molecule has 0 spiro atoms. The highest BCUT2D eigenvalue weighted by atomic mass is 35.5. The van der Waals surface area contributed by atoms with Crippen molar-refractivity contribution in [2.45, 2.75) is 0 Å². The van der Waals surface area contributed by atoms with Crippen LogP contribution in [0.4, 0.5) is 10.1 Å². The van der Waals surface area contributed by atoms with Gasteiger partial charge in [-0.15, -0.1) is 0 Å². The van der Waals surface area contributed by atoms with Gasteiger partial charge in [0, 0.05) is 5.56 Å². The number of hydrogen-bond acceptors (Lipinski definition) is 4. The second kappa shape index (κ2) is 7.41. The molecule has 1 N–H and O–H groups in total. The van der Waals surface area contributed by atoms with E-state index in [1.165, 1.54) is 25.3 Å². The number of methoxy groups -OCH3 is 1. The number of rotatable bonds is 4. The normalized spacial score (nSPS) is 10.4. The molecule has 0 aliphatic rings. The fourth-order valence-corrected chi connectivity index (χ4v) is 2.54. The number of carbonyl (C=O) groups is 2. The number of amides is 1. The minimum absolute atomic E-state index is 0.0252. The van der Waals surface area contributed by atoms with Gasteiger partial charge in [-0.3, -0.25) is 4.79 Å². The van der Waals surface area contributed by atoms with Gasteiger partial charge in [-0.2, -0.15) is 0 Å². The lowest BCUT2D eigenvalue weighted by atomic mass is 10.2. The lowest BCUT2D eigenvalue weighted by molar-refractivity contribution is 0.0600. The van der Waals surface area contributed by atoms with Crippen LogP contribution in [0.5, 0.6) is 0 Å². The van der Waals surface area contributed by atoms with Crippen LogP contribution < -0.4 is 5.32 Å². The summed E-state index contributed by atoms with van der Waals surface area (Å²) in [7, 11) is 1.21. The monoisotopic (exact) mass is 373 g/mol. The Morgan fingerprint density at radius 3 is 2.62 bits per heavy atom. The van der Waals surface area contributed by atoms with Crippen molar-refractivity contribution in [2.24, 2.45) is 0 Å². The zero-order chi connectivity index (χ0) is 18.7. The summed E-state index contributed by atoms with van der Waals surface area (Å²) < 4.78 is 24.0. The van der Waals surface area contributed by atoms with Crippen molar-refractivity contribution in [3.05, 3.63) is 76.8 Å². The molecule has 3 aromatic rings. The van der Waals surface area contributed by atoms with Crippen LogP contribution in [0.1, 0.15) is 20.9 Å². The Labute approximate surface area is 153 Å². The summed E-state index contributed by atoms with van der Waals surface area (Å²) in [6.07, 6.45) is 0. The fourth-order valence-electron chi connectivity index (χ4n) is 2.32. The molecule has 0 saturated carbocycles. The highest BCUT2D eigenvalue weighted by Gasteiger charge is 2.17. The molecule has 0 atom stereocenters. The summed E-state index contributed by atoms with van der Waals surface area (Å²) in [4.78, 5) is 23.9. The number of benzene rings is 2. The summed E-state index contributed by atoms with van der Waals surface area (Å²) in [6.45, 7) is 0. The Balaban J connectivity index is 1.83. The van der Waals surface area contributed by atoms with E-state index in [1.807, 2.05) is 0 Å². The summed E-state index contributed by atoms with van der Waals surface area (Å²) >= 11 is 6.11. The van der Waals surface area contributed by atoms with E-state index in [9.17, 15) is 14.0 Å². The Morgan fingerprint density at radius 2 is 1.88 bits per heavy atom. The van der Waals surface area contributed by atoms with Crippen molar-refractivity contribution < 1.29 is 23.1 Å². The molecule has 2 aromatic carbocycles. The zero-order valence-electron chi connectivity index (χ0n) is 13.6. The number of hydrogen-bond donors (Lipinski definition) is 1. The number of ether oxygens (including phenoxy) is 1. The standard InChI is InChI=1S/C19H13ClFNO4/c1-25-19(24)11-6-7-14(21)15(10-11)22-18(23)17-9-8-16(26-17)12-4-2-3-5-13(12)20/h2-10H,1H3,(H,22,23). The van der Waals surface area contributed by atoms with Gasteiger partial charge in [-0.1, -0.05) is 23.7 Å². The molecule has 3 rings (SSSR count). The lowest BCUT2D eigenvalue weighted by Gasteiger charge is -2.07. The second-order valence-corrected chi connectivity index (χ2v) is 5.69. The average Bonchev–Trinajstić information content (AvgIpc) is 3.13. The molecule has 0 saturated heterocycles. The molecule has 1 aromatic heterocycles. The van der Waals surface area contributed by atoms with Crippen LogP contribution in [0.15, 0.2) is 59.0 Å². The van der Waals surface area contributed by atoms with Gasteiger partial charge in [0.1, 0.15) is 11.6 Å². The largest absolute Gasteiger partial charge is 0.465 e. The van der Waals surface area contributed by atoms with E-state index in [0.29, 0.717) is 16.3 Å². The molecule has 0 unspecified atom stereocenters. The molecule has 26 heavy (non-hydrogen) atoms. The third-order valence-electron chi connectivity index (χ3n) is 3.60. The molecule has 0 fully saturated rings. The molecule has 0 bridgehead atoms. The van der Waals surface area contributed by atoms with Gasteiger partial charge in [0.25, 0.3) is 5.91 Å². The maximum Gasteiger partial charge on any atom is 0.337 e. The second-order valence-electron chi connectivity index (χ2n) is 5.28. The summed E-state index contributed by atoms with van der Waals surface area (Å²) in [6, 6.07) is 13.6. The van der Waals surface area contributed by atoms with Crippen LogP contribution in [0.25, 0.3) is 11.3 Å². The van der Waals surface area contributed by atoms with Crippen LogP contribution in [-0.2, 0) is 4.74 Å². The maximum atomic E-state index is 13.9. The first-order chi connectivity index (χ1) is 12.5. The topological polar surface area (TPSA) is 68.5 Å². The van der Waals surface area contributed by atoms with Crippen molar-refractivity contribution in [2.75, 3.05) is 12.4 Å². The van der Waals surface area contributed by atoms with Gasteiger partial charge in [0.15, 0.2) is 5.76 Å². The van der Waals surface area contributed by atoms with Gasteiger partial charge in [-0.25, -0.2) is 9.18 Å². The maximum absolute atomic E-state index is 13.9. The van der Waals surface area contributed by atoms with Gasteiger partial charge in [0.05, 0.1) is 23.4 Å². The summed E-state index contributed by atoms with van der Waals surface area (Å²) in [5, 5.41) is 2.85. The Morgan fingerprint density at radius 1 is 1.12 bits per heavy atom. The SMILES string of the molecule is COC(=O)c1ccc(F)c(NC(=O)c2ccc(-c3ccccc3Cl)o2)c1.